The van der Waals surface area contributed by atoms with Crippen LogP contribution in [0.5, 0.6) is 0 Å². The third-order valence-electron chi connectivity index (χ3n) is 4.93. The van der Waals surface area contributed by atoms with E-state index in [0.29, 0.717) is 32.4 Å². The van der Waals surface area contributed by atoms with Gasteiger partial charge in [0.15, 0.2) is 5.96 Å². The second-order valence-corrected chi connectivity index (χ2v) is 9.23. The van der Waals surface area contributed by atoms with Crippen molar-refractivity contribution in [1.29, 1.82) is 0 Å². The SMILES string of the molecule is NC(N)=NCCCCS(=O)(=O)NCC1CCCN1C(=O)C(N)Cc1ccccc1. The summed E-state index contributed by atoms with van der Waals surface area (Å²) in [6, 6.07) is 8.83. The number of sulfonamides is 1. The molecule has 1 aromatic rings. The topological polar surface area (TPSA) is 157 Å². The minimum atomic E-state index is -3.42. The summed E-state index contributed by atoms with van der Waals surface area (Å²) in [6.07, 6.45) is 3.11. The van der Waals surface area contributed by atoms with E-state index in [0.717, 1.165) is 18.4 Å². The van der Waals surface area contributed by atoms with E-state index in [2.05, 4.69) is 9.71 Å². The lowest BCUT2D eigenvalue weighted by Crippen LogP contribution is -2.50. The van der Waals surface area contributed by atoms with Crippen molar-refractivity contribution in [2.24, 2.45) is 22.2 Å². The predicted molar refractivity (Wildman–Crippen MR) is 115 cm³/mol. The first-order valence-electron chi connectivity index (χ1n) is 9.91. The Bertz CT molecular complexity index is 780. The lowest BCUT2D eigenvalue weighted by molar-refractivity contribution is -0.133. The number of nitrogens with zero attached hydrogens (tertiary/aromatic N) is 2. The lowest BCUT2D eigenvalue weighted by Gasteiger charge is -2.27. The maximum atomic E-state index is 12.8. The fourth-order valence-corrected chi connectivity index (χ4v) is 4.59. The first-order valence-corrected chi connectivity index (χ1v) is 11.6. The van der Waals surface area contributed by atoms with E-state index in [1.54, 1.807) is 4.90 Å². The van der Waals surface area contributed by atoms with Gasteiger partial charge in [0.2, 0.25) is 15.9 Å². The zero-order valence-electron chi connectivity index (χ0n) is 16.7. The Labute approximate surface area is 172 Å². The van der Waals surface area contributed by atoms with Crippen LogP contribution >= 0.6 is 0 Å². The minimum Gasteiger partial charge on any atom is -0.370 e. The Morgan fingerprint density at radius 3 is 2.66 bits per heavy atom. The molecule has 1 heterocycles. The molecule has 7 N–H and O–H groups in total. The van der Waals surface area contributed by atoms with Crippen molar-refractivity contribution in [3.63, 3.8) is 0 Å². The van der Waals surface area contributed by atoms with Crippen molar-refractivity contribution in [3.8, 4) is 0 Å². The van der Waals surface area contributed by atoms with Gasteiger partial charge in [-0.15, -0.1) is 0 Å². The number of likely N-dealkylation sites (tertiary alicyclic amines) is 1. The van der Waals surface area contributed by atoms with Gasteiger partial charge in [-0.2, -0.15) is 0 Å². The first-order chi connectivity index (χ1) is 13.8. The average Bonchev–Trinajstić information content (AvgIpc) is 3.14. The Kier molecular flexibility index (Phi) is 8.87. The van der Waals surface area contributed by atoms with Crippen LogP contribution in [0, 0.1) is 0 Å². The van der Waals surface area contributed by atoms with Gasteiger partial charge in [-0.3, -0.25) is 9.79 Å². The number of unbranched alkanes of at least 4 members (excludes halogenated alkanes) is 1. The number of aliphatic imine (C=N–C) groups is 1. The van der Waals surface area contributed by atoms with E-state index < -0.39 is 16.1 Å². The zero-order valence-corrected chi connectivity index (χ0v) is 17.5. The van der Waals surface area contributed by atoms with Crippen molar-refractivity contribution < 1.29 is 13.2 Å². The molecule has 2 rings (SSSR count). The normalized spacial score (nSPS) is 17.8. The van der Waals surface area contributed by atoms with Gasteiger partial charge < -0.3 is 22.1 Å². The van der Waals surface area contributed by atoms with E-state index in [9.17, 15) is 13.2 Å². The van der Waals surface area contributed by atoms with E-state index >= 15 is 0 Å². The molecule has 1 aromatic carbocycles. The predicted octanol–water partition coefficient (Wildman–Crippen LogP) is -0.480. The second-order valence-electron chi connectivity index (χ2n) is 7.30. The molecule has 1 aliphatic heterocycles. The van der Waals surface area contributed by atoms with Crippen LogP contribution in [0.1, 0.15) is 31.2 Å². The maximum Gasteiger partial charge on any atom is 0.240 e. The molecule has 1 amide bonds. The summed E-state index contributed by atoms with van der Waals surface area (Å²) in [5, 5.41) is 0. The first kappa shape index (κ1) is 23.1. The smallest absolute Gasteiger partial charge is 0.240 e. The summed E-state index contributed by atoms with van der Waals surface area (Å²) in [7, 11) is -3.42. The minimum absolute atomic E-state index is 0.00117. The molecule has 1 saturated heterocycles. The Balaban J connectivity index is 1.80. The van der Waals surface area contributed by atoms with Crippen molar-refractivity contribution in [1.82, 2.24) is 9.62 Å². The number of carbonyl (C=O) groups excluding carboxylic acids is 1. The van der Waals surface area contributed by atoms with E-state index in [-0.39, 0.29) is 30.2 Å². The highest BCUT2D eigenvalue weighted by Gasteiger charge is 2.32. The standard InChI is InChI=1S/C19H32N6O3S/c20-17(13-15-7-2-1-3-8-15)18(26)25-11-6-9-16(25)14-24-29(27,28)12-5-4-10-23-19(21)22/h1-3,7-8,16-17,24H,4-6,9-14,20H2,(H4,21,22,23). The van der Waals surface area contributed by atoms with E-state index in [4.69, 9.17) is 17.2 Å². The molecule has 2 atom stereocenters. The molecule has 10 heteroatoms. The van der Waals surface area contributed by atoms with Gasteiger partial charge in [0.05, 0.1) is 11.8 Å². The summed E-state index contributed by atoms with van der Waals surface area (Å²) in [4.78, 5) is 18.3. The van der Waals surface area contributed by atoms with Gasteiger partial charge in [-0.05, 0) is 37.7 Å². The van der Waals surface area contributed by atoms with Crippen LogP contribution in [0.2, 0.25) is 0 Å². The van der Waals surface area contributed by atoms with Crippen molar-refractivity contribution in [3.05, 3.63) is 35.9 Å². The van der Waals surface area contributed by atoms with Crippen LogP contribution in [-0.4, -0.2) is 62.7 Å². The molecule has 1 fully saturated rings. The summed E-state index contributed by atoms with van der Waals surface area (Å²) < 4.78 is 27.0. The number of amides is 1. The molecule has 0 spiro atoms. The number of rotatable bonds is 11. The average molecular weight is 425 g/mol. The quantitative estimate of drug-likeness (QED) is 0.213. The molecule has 2 unspecified atom stereocenters. The lowest BCUT2D eigenvalue weighted by atomic mass is 10.1. The Morgan fingerprint density at radius 1 is 1.24 bits per heavy atom. The summed E-state index contributed by atoms with van der Waals surface area (Å²) in [5.41, 5.74) is 17.6. The number of nitrogens with two attached hydrogens (primary N) is 3. The van der Waals surface area contributed by atoms with Gasteiger partial charge in [0.25, 0.3) is 0 Å². The number of carbonyl (C=O) groups is 1. The fourth-order valence-electron chi connectivity index (χ4n) is 3.41. The van der Waals surface area contributed by atoms with E-state index in [1.165, 1.54) is 0 Å². The third kappa shape index (κ3) is 8.00. The Morgan fingerprint density at radius 2 is 1.97 bits per heavy atom. The third-order valence-corrected chi connectivity index (χ3v) is 6.36. The summed E-state index contributed by atoms with van der Waals surface area (Å²) in [6.45, 7) is 1.22. The molecule has 9 nitrogen and oxygen atoms in total. The van der Waals surface area contributed by atoms with Crippen LogP contribution in [0.4, 0.5) is 0 Å². The fraction of sp³-hybridized carbons (Fsp3) is 0.579. The number of benzene rings is 1. The number of guanidine groups is 1. The highest BCUT2D eigenvalue weighted by atomic mass is 32.2. The van der Waals surface area contributed by atoms with Crippen molar-refractivity contribution >= 4 is 21.9 Å². The van der Waals surface area contributed by atoms with Gasteiger partial charge >= 0.3 is 0 Å². The molecule has 162 valence electrons. The molecular weight excluding hydrogens is 392 g/mol. The molecule has 0 saturated carbocycles. The molecule has 0 aromatic heterocycles. The molecule has 29 heavy (non-hydrogen) atoms. The maximum absolute atomic E-state index is 12.8. The van der Waals surface area contributed by atoms with Gasteiger partial charge in [-0.25, -0.2) is 13.1 Å². The summed E-state index contributed by atoms with van der Waals surface area (Å²) in [5.74, 6) is -0.128. The van der Waals surface area contributed by atoms with Crippen LogP contribution < -0.4 is 21.9 Å². The number of hydrogen-bond donors (Lipinski definition) is 4. The Hall–Kier alpha value is -2.17. The highest BCUT2D eigenvalue weighted by Crippen LogP contribution is 2.18. The zero-order chi connectivity index (χ0) is 21.3. The van der Waals surface area contributed by atoms with Crippen molar-refractivity contribution in [2.45, 2.75) is 44.2 Å². The molecule has 0 radical (unpaired) electrons. The van der Waals surface area contributed by atoms with Crippen LogP contribution in [0.15, 0.2) is 35.3 Å². The second kappa shape index (κ2) is 11.1. The summed E-state index contributed by atoms with van der Waals surface area (Å²) >= 11 is 0. The van der Waals surface area contributed by atoms with Crippen LogP contribution in [-0.2, 0) is 21.2 Å². The largest absolute Gasteiger partial charge is 0.370 e. The van der Waals surface area contributed by atoms with Gasteiger partial charge in [0, 0.05) is 25.7 Å². The van der Waals surface area contributed by atoms with Crippen molar-refractivity contribution in [2.75, 3.05) is 25.4 Å². The van der Waals surface area contributed by atoms with Crippen LogP contribution in [0.3, 0.4) is 0 Å². The molecule has 0 bridgehead atoms. The monoisotopic (exact) mass is 424 g/mol. The number of nitrogens with one attached hydrogen (secondary N) is 1. The van der Waals surface area contributed by atoms with Crippen LogP contribution in [0.25, 0.3) is 0 Å². The molecule has 0 aliphatic carbocycles. The number of hydrogen-bond acceptors (Lipinski definition) is 5. The molecular formula is C19H32N6O3S. The van der Waals surface area contributed by atoms with Gasteiger partial charge in [0.1, 0.15) is 0 Å². The van der Waals surface area contributed by atoms with E-state index in [1.807, 2.05) is 30.3 Å². The van der Waals surface area contributed by atoms with Gasteiger partial charge in [-0.1, -0.05) is 30.3 Å². The molecule has 1 aliphatic rings. The highest BCUT2D eigenvalue weighted by molar-refractivity contribution is 7.89.